The fraction of sp³-hybridized carbons (Fsp3) is 0.500. The number of nitrogens with one attached hydrogen (secondary N) is 1. The quantitative estimate of drug-likeness (QED) is 0.738. The number of nitrogen functional groups attached to an aromatic ring is 1. The Morgan fingerprint density at radius 3 is 2.88 bits per heavy atom. The van der Waals surface area contributed by atoms with Gasteiger partial charge in [-0.1, -0.05) is 6.92 Å². The van der Waals surface area contributed by atoms with E-state index in [1.807, 2.05) is 6.92 Å². The lowest BCUT2D eigenvalue weighted by Crippen LogP contribution is -2.30. The molecule has 88 valence electrons. The van der Waals surface area contributed by atoms with Crippen molar-refractivity contribution in [1.29, 1.82) is 0 Å². The Morgan fingerprint density at radius 1 is 1.56 bits per heavy atom. The molecule has 0 spiro atoms. The van der Waals surface area contributed by atoms with E-state index in [9.17, 15) is 4.79 Å². The number of rotatable bonds is 5. The molecule has 0 aliphatic heterocycles. The maximum absolute atomic E-state index is 11.6. The van der Waals surface area contributed by atoms with Gasteiger partial charge in [0.05, 0.1) is 6.61 Å². The predicted molar refractivity (Wildman–Crippen MR) is 59.8 cm³/mol. The van der Waals surface area contributed by atoms with Gasteiger partial charge in [0.1, 0.15) is 5.82 Å². The van der Waals surface area contributed by atoms with E-state index in [2.05, 4.69) is 15.5 Å². The summed E-state index contributed by atoms with van der Waals surface area (Å²) in [5.41, 5.74) is 5.63. The van der Waals surface area contributed by atoms with E-state index in [4.69, 9.17) is 10.5 Å². The van der Waals surface area contributed by atoms with Crippen molar-refractivity contribution in [3.05, 3.63) is 17.8 Å². The average Bonchev–Trinajstić information content (AvgIpc) is 2.27. The lowest BCUT2D eigenvalue weighted by atomic mass is 10.2. The minimum Gasteiger partial charge on any atom is -0.384 e. The van der Waals surface area contributed by atoms with Gasteiger partial charge in [-0.25, -0.2) is 0 Å². The van der Waals surface area contributed by atoms with Crippen molar-refractivity contribution in [3.63, 3.8) is 0 Å². The zero-order chi connectivity index (χ0) is 12.0. The highest BCUT2D eigenvalue weighted by atomic mass is 16.5. The van der Waals surface area contributed by atoms with Crippen LogP contribution in [0.5, 0.6) is 0 Å². The first-order chi connectivity index (χ1) is 7.63. The molecule has 1 heterocycles. The number of methoxy groups -OCH3 is 1. The highest BCUT2D eigenvalue weighted by molar-refractivity contribution is 5.92. The topological polar surface area (TPSA) is 90.1 Å². The summed E-state index contributed by atoms with van der Waals surface area (Å²) in [7, 11) is 1.63. The molecule has 1 rings (SSSR count). The van der Waals surface area contributed by atoms with E-state index in [0.717, 1.165) is 0 Å². The highest BCUT2D eigenvalue weighted by Crippen LogP contribution is 1.98. The molecular formula is C10H16N4O2. The van der Waals surface area contributed by atoms with Gasteiger partial charge in [-0.3, -0.25) is 4.79 Å². The zero-order valence-corrected chi connectivity index (χ0v) is 9.43. The monoisotopic (exact) mass is 224 g/mol. The molecule has 1 aromatic rings. The van der Waals surface area contributed by atoms with Gasteiger partial charge in [0.15, 0.2) is 5.69 Å². The molecule has 1 atom stereocenters. The van der Waals surface area contributed by atoms with Gasteiger partial charge in [-0.05, 0) is 18.1 Å². The van der Waals surface area contributed by atoms with Crippen molar-refractivity contribution in [2.75, 3.05) is 26.0 Å². The Morgan fingerprint density at radius 2 is 2.31 bits per heavy atom. The molecule has 16 heavy (non-hydrogen) atoms. The van der Waals surface area contributed by atoms with Crippen LogP contribution in [0.4, 0.5) is 5.82 Å². The van der Waals surface area contributed by atoms with E-state index in [-0.39, 0.29) is 17.5 Å². The third-order valence-electron chi connectivity index (χ3n) is 1.98. The number of carbonyl (C=O) groups excluding carboxylic acids is 1. The molecule has 0 saturated carbocycles. The summed E-state index contributed by atoms with van der Waals surface area (Å²) < 4.78 is 4.96. The second-order valence-electron chi connectivity index (χ2n) is 3.61. The molecule has 6 nitrogen and oxygen atoms in total. The largest absolute Gasteiger partial charge is 0.384 e. The number of carbonyl (C=O) groups is 1. The van der Waals surface area contributed by atoms with Gasteiger partial charge < -0.3 is 15.8 Å². The third kappa shape index (κ3) is 3.82. The lowest BCUT2D eigenvalue weighted by Gasteiger charge is -2.10. The summed E-state index contributed by atoms with van der Waals surface area (Å²) in [5, 5.41) is 10.0. The average molecular weight is 224 g/mol. The van der Waals surface area contributed by atoms with Crippen LogP contribution in [0.1, 0.15) is 17.4 Å². The van der Waals surface area contributed by atoms with Crippen molar-refractivity contribution < 1.29 is 9.53 Å². The van der Waals surface area contributed by atoms with Crippen molar-refractivity contribution in [2.45, 2.75) is 6.92 Å². The number of nitrogens with zero attached hydrogens (tertiary/aromatic N) is 2. The molecular weight excluding hydrogens is 208 g/mol. The predicted octanol–water partition coefficient (Wildman–Crippen LogP) is 0.0711. The molecule has 0 fully saturated rings. The second kappa shape index (κ2) is 6.02. The van der Waals surface area contributed by atoms with Crippen LogP contribution in [-0.4, -0.2) is 36.4 Å². The van der Waals surface area contributed by atoms with Crippen LogP contribution in [0, 0.1) is 5.92 Å². The standard InChI is InChI=1S/C10H16N4O2/c1-7(6-16-2)5-12-10(15)8-3-4-9(11)14-13-8/h3-4,7H,5-6H2,1-2H3,(H2,11,14)(H,12,15). The van der Waals surface area contributed by atoms with Crippen LogP contribution in [-0.2, 0) is 4.74 Å². The number of hydrogen-bond acceptors (Lipinski definition) is 5. The van der Waals surface area contributed by atoms with E-state index in [1.54, 1.807) is 19.2 Å². The normalized spacial score (nSPS) is 12.1. The molecule has 6 heteroatoms. The van der Waals surface area contributed by atoms with Gasteiger partial charge in [-0.2, -0.15) is 0 Å². The van der Waals surface area contributed by atoms with Gasteiger partial charge >= 0.3 is 0 Å². The summed E-state index contributed by atoms with van der Waals surface area (Å²) in [6.45, 7) is 3.13. The molecule has 1 aromatic heterocycles. The number of anilines is 1. The zero-order valence-electron chi connectivity index (χ0n) is 9.43. The Balaban J connectivity index is 2.43. The van der Waals surface area contributed by atoms with Crippen molar-refractivity contribution in [3.8, 4) is 0 Å². The van der Waals surface area contributed by atoms with Crippen LogP contribution in [0.3, 0.4) is 0 Å². The first kappa shape index (κ1) is 12.4. The first-order valence-corrected chi connectivity index (χ1v) is 5.00. The summed E-state index contributed by atoms with van der Waals surface area (Å²) in [5.74, 6) is 0.301. The molecule has 0 saturated heterocycles. The molecule has 0 aromatic carbocycles. The fourth-order valence-electron chi connectivity index (χ4n) is 1.16. The molecule has 0 aliphatic carbocycles. The Kier molecular flexibility index (Phi) is 4.65. The number of amides is 1. The minimum atomic E-state index is -0.254. The van der Waals surface area contributed by atoms with E-state index < -0.39 is 0 Å². The van der Waals surface area contributed by atoms with Gasteiger partial charge in [-0.15, -0.1) is 10.2 Å². The van der Waals surface area contributed by atoms with Crippen LogP contribution < -0.4 is 11.1 Å². The summed E-state index contributed by atoms with van der Waals surface area (Å²) in [6.07, 6.45) is 0. The molecule has 1 amide bonds. The molecule has 0 bridgehead atoms. The molecule has 1 unspecified atom stereocenters. The molecule has 0 radical (unpaired) electrons. The molecule has 0 aliphatic rings. The minimum absolute atomic E-state index is 0.254. The fourth-order valence-corrected chi connectivity index (χ4v) is 1.16. The van der Waals surface area contributed by atoms with Gasteiger partial charge in [0, 0.05) is 13.7 Å². The van der Waals surface area contributed by atoms with Crippen LogP contribution in [0.15, 0.2) is 12.1 Å². The third-order valence-corrected chi connectivity index (χ3v) is 1.98. The van der Waals surface area contributed by atoms with Crippen molar-refractivity contribution in [1.82, 2.24) is 15.5 Å². The number of ether oxygens (including phenoxy) is 1. The van der Waals surface area contributed by atoms with Crippen LogP contribution in [0.2, 0.25) is 0 Å². The summed E-state index contributed by atoms with van der Waals surface area (Å²) in [6, 6.07) is 3.08. The molecule has 3 N–H and O–H groups in total. The number of nitrogens with two attached hydrogens (primary N) is 1. The second-order valence-corrected chi connectivity index (χ2v) is 3.61. The maximum atomic E-state index is 11.6. The number of aromatic nitrogens is 2. The highest BCUT2D eigenvalue weighted by Gasteiger charge is 2.09. The lowest BCUT2D eigenvalue weighted by molar-refractivity contribution is 0.0928. The number of hydrogen-bond donors (Lipinski definition) is 2. The van der Waals surface area contributed by atoms with E-state index in [1.165, 1.54) is 0 Å². The summed E-state index contributed by atoms with van der Waals surface area (Å²) >= 11 is 0. The van der Waals surface area contributed by atoms with E-state index >= 15 is 0 Å². The first-order valence-electron chi connectivity index (χ1n) is 5.00. The van der Waals surface area contributed by atoms with Crippen LogP contribution in [0.25, 0.3) is 0 Å². The van der Waals surface area contributed by atoms with Crippen molar-refractivity contribution in [2.24, 2.45) is 5.92 Å². The van der Waals surface area contributed by atoms with Gasteiger partial charge in [0.25, 0.3) is 5.91 Å². The van der Waals surface area contributed by atoms with Crippen molar-refractivity contribution >= 4 is 11.7 Å². The van der Waals surface area contributed by atoms with Crippen LogP contribution >= 0.6 is 0 Å². The summed E-state index contributed by atoms with van der Waals surface area (Å²) in [4.78, 5) is 11.6. The SMILES string of the molecule is COCC(C)CNC(=O)c1ccc(N)nn1. The van der Waals surface area contributed by atoms with Gasteiger partial charge in [0.2, 0.25) is 0 Å². The Hall–Kier alpha value is -1.69. The smallest absolute Gasteiger partial charge is 0.271 e. The van der Waals surface area contributed by atoms with E-state index in [0.29, 0.717) is 19.0 Å². The maximum Gasteiger partial charge on any atom is 0.271 e. The Labute approximate surface area is 94.2 Å². The Bertz CT molecular complexity index is 339.